The molecule has 0 radical (unpaired) electrons. The van der Waals surface area contributed by atoms with Gasteiger partial charge in [-0.15, -0.1) is 10.2 Å². The predicted molar refractivity (Wildman–Crippen MR) is 61.4 cm³/mol. The Kier molecular flexibility index (Phi) is 4.57. The van der Waals surface area contributed by atoms with E-state index in [2.05, 4.69) is 15.5 Å². The van der Waals surface area contributed by atoms with Gasteiger partial charge in [0.05, 0.1) is 5.69 Å². The van der Waals surface area contributed by atoms with E-state index in [0.29, 0.717) is 5.69 Å². The van der Waals surface area contributed by atoms with Crippen molar-refractivity contribution < 1.29 is 5.11 Å². The van der Waals surface area contributed by atoms with Gasteiger partial charge in [-0.2, -0.15) is 0 Å². The van der Waals surface area contributed by atoms with Crippen molar-refractivity contribution in [2.24, 2.45) is 5.92 Å². The van der Waals surface area contributed by atoms with Crippen LogP contribution in [-0.4, -0.2) is 28.0 Å². The molecule has 4 nitrogen and oxygen atoms in total. The standard InChI is InChI=1S/C9H13Cl2N3O/c1-5(4-15)6(2)12-7-3-8(10)13-14-9(7)11/h3,5-6,15H,4H2,1-2H3,(H,12,13). The van der Waals surface area contributed by atoms with Crippen LogP contribution in [0.5, 0.6) is 0 Å². The van der Waals surface area contributed by atoms with E-state index < -0.39 is 0 Å². The zero-order valence-electron chi connectivity index (χ0n) is 8.54. The van der Waals surface area contributed by atoms with E-state index in [1.165, 1.54) is 0 Å². The van der Waals surface area contributed by atoms with E-state index in [1.54, 1.807) is 6.07 Å². The minimum absolute atomic E-state index is 0.0766. The van der Waals surface area contributed by atoms with Gasteiger partial charge < -0.3 is 10.4 Å². The van der Waals surface area contributed by atoms with Crippen molar-refractivity contribution in [2.45, 2.75) is 19.9 Å². The largest absolute Gasteiger partial charge is 0.396 e. The monoisotopic (exact) mass is 249 g/mol. The maximum absolute atomic E-state index is 8.98. The van der Waals surface area contributed by atoms with E-state index in [-0.39, 0.29) is 28.9 Å². The number of aliphatic hydroxyl groups excluding tert-OH is 1. The molecule has 0 saturated heterocycles. The van der Waals surface area contributed by atoms with Crippen molar-refractivity contribution in [3.63, 3.8) is 0 Å². The van der Waals surface area contributed by atoms with E-state index in [0.717, 1.165) is 0 Å². The van der Waals surface area contributed by atoms with E-state index in [1.807, 2.05) is 13.8 Å². The predicted octanol–water partition coefficient (Wildman–Crippen LogP) is 2.21. The minimum Gasteiger partial charge on any atom is -0.396 e. The Morgan fingerprint density at radius 3 is 2.67 bits per heavy atom. The van der Waals surface area contributed by atoms with Gasteiger partial charge in [0.25, 0.3) is 0 Å². The van der Waals surface area contributed by atoms with Gasteiger partial charge in [0.15, 0.2) is 10.3 Å². The Morgan fingerprint density at radius 2 is 2.07 bits per heavy atom. The highest BCUT2D eigenvalue weighted by Crippen LogP contribution is 2.22. The van der Waals surface area contributed by atoms with Crippen molar-refractivity contribution in [2.75, 3.05) is 11.9 Å². The topological polar surface area (TPSA) is 58.0 Å². The molecule has 2 unspecified atom stereocenters. The van der Waals surface area contributed by atoms with E-state index >= 15 is 0 Å². The van der Waals surface area contributed by atoms with Gasteiger partial charge in [0.1, 0.15) is 0 Å². The molecule has 84 valence electrons. The second kappa shape index (κ2) is 5.49. The lowest BCUT2D eigenvalue weighted by atomic mass is 10.1. The molecule has 0 aliphatic heterocycles. The highest BCUT2D eigenvalue weighted by molar-refractivity contribution is 6.33. The van der Waals surface area contributed by atoms with Crippen LogP contribution in [0.25, 0.3) is 0 Å². The molecular weight excluding hydrogens is 237 g/mol. The summed E-state index contributed by atoms with van der Waals surface area (Å²) in [5.41, 5.74) is 0.629. The number of anilines is 1. The van der Waals surface area contributed by atoms with Gasteiger partial charge in [-0.3, -0.25) is 0 Å². The first-order chi connectivity index (χ1) is 7.04. The molecule has 0 fully saturated rings. The van der Waals surface area contributed by atoms with Gasteiger partial charge in [-0.25, -0.2) is 0 Å². The molecule has 0 aromatic carbocycles. The molecule has 0 amide bonds. The Hall–Kier alpha value is -0.580. The molecule has 0 aliphatic rings. The highest BCUT2D eigenvalue weighted by atomic mass is 35.5. The van der Waals surface area contributed by atoms with Gasteiger partial charge in [-0.05, 0) is 12.8 Å². The number of aromatic nitrogens is 2. The Labute approximate surface area is 98.6 Å². The first-order valence-corrected chi connectivity index (χ1v) is 5.36. The van der Waals surface area contributed by atoms with Crippen molar-refractivity contribution in [3.05, 3.63) is 16.4 Å². The Morgan fingerprint density at radius 1 is 1.40 bits per heavy atom. The van der Waals surface area contributed by atoms with Crippen LogP contribution < -0.4 is 5.32 Å². The third-order valence-electron chi connectivity index (χ3n) is 2.24. The second-order valence-electron chi connectivity index (χ2n) is 3.46. The first-order valence-electron chi connectivity index (χ1n) is 4.60. The van der Waals surface area contributed by atoms with Crippen LogP contribution in [-0.2, 0) is 0 Å². The number of nitrogens with one attached hydrogen (secondary N) is 1. The molecule has 0 saturated carbocycles. The summed E-state index contributed by atoms with van der Waals surface area (Å²) >= 11 is 11.5. The summed E-state index contributed by atoms with van der Waals surface area (Å²) in [4.78, 5) is 0. The normalized spacial score (nSPS) is 14.7. The summed E-state index contributed by atoms with van der Waals surface area (Å²) < 4.78 is 0. The smallest absolute Gasteiger partial charge is 0.174 e. The van der Waals surface area contributed by atoms with Crippen LogP contribution in [0.2, 0.25) is 10.3 Å². The van der Waals surface area contributed by atoms with Crippen LogP contribution in [0.1, 0.15) is 13.8 Å². The average Bonchev–Trinajstić information content (AvgIpc) is 2.22. The molecule has 1 heterocycles. The number of nitrogens with zero attached hydrogens (tertiary/aromatic N) is 2. The molecule has 1 rings (SSSR count). The fraction of sp³-hybridized carbons (Fsp3) is 0.556. The lowest BCUT2D eigenvalue weighted by molar-refractivity contribution is 0.226. The van der Waals surface area contributed by atoms with Crippen LogP contribution in [0, 0.1) is 5.92 Å². The summed E-state index contributed by atoms with van der Waals surface area (Å²) in [5, 5.41) is 19.9. The molecule has 15 heavy (non-hydrogen) atoms. The summed E-state index contributed by atoms with van der Waals surface area (Å²) in [6.45, 7) is 3.99. The number of rotatable bonds is 4. The average molecular weight is 250 g/mol. The Balaban J connectivity index is 2.75. The maximum atomic E-state index is 8.98. The molecule has 2 atom stereocenters. The molecule has 0 aliphatic carbocycles. The molecule has 0 bridgehead atoms. The van der Waals surface area contributed by atoms with Crippen molar-refractivity contribution in [3.8, 4) is 0 Å². The van der Waals surface area contributed by atoms with Crippen LogP contribution >= 0.6 is 23.2 Å². The summed E-state index contributed by atoms with van der Waals surface area (Å²) in [7, 11) is 0. The number of aliphatic hydroxyl groups is 1. The van der Waals surface area contributed by atoms with Gasteiger partial charge in [-0.1, -0.05) is 30.1 Å². The molecule has 1 aromatic heterocycles. The molecular formula is C9H13Cl2N3O. The Bertz CT molecular complexity index is 335. The van der Waals surface area contributed by atoms with E-state index in [9.17, 15) is 0 Å². The quantitative estimate of drug-likeness (QED) is 0.860. The van der Waals surface area contributed by atoms with Crippen molar-refractivity contribution in [1.82, 2.24) is 10.2 Å². The van der Waals surface area contributed by atoms with Crippen LogP contribution in [0.3, 0.4) is 0 Å². The number of hydrogen-bond donors (Lipinski definition) is 2. The summed E-state index contributed by atoms with van der Waals surface area (Å²) in [6, 6.07) is 1.69. The third-order valence-corrected chi connectivity index (χ3v) is 2.71. The first kappa shape index (κ1) is 12.5. The van der Waals surface area contributed by atoms with Crippen molar-refractivity contribution >= 4 is 28.9 Å². The summed E-state index contributed by atoms with van der Waals surface area (Å²) in [6.07, 6.45) is 0. The summed E-state index contributed by atoms with van der Waals surface area (Å²) in [5.74, 6) is 0.119. The minimum atomic E-state index is 0.0766. The van der Waals surface area contributed by atoms with Gasteiger partial charge >= 0.3 is 0 Å². The molecule has 6 heteroatoms. The highest BCUT2D eigenvalue weighted by Gasteiger charge is 2.13. The zero-order chi connectivity index (χ0) is 11.4. The molecule has 0 spiro atoms. The van der Waals surface area contributed by atoms with E-state index in [4.69, 9.17) is 28.3 Å². The van der Waals surface area contributed by atoms with Crippen LogP contribution in [0.15, 0.2) is 6.07 Å². The number of halogens is 2. The lowest BCUT2D eigenvalue weighted by Gasteiger charge is -2.20. The fourth-order valence-electron chi connectivity index (χ4n) is 1.000. The van der Waals surface area contributed by atoms with Crippen LogP contribution in [0.4, 0.5) is 5.69 Å². The lowest BCUT2D eigenvalue weighted by Crippen LogP contribution is -2.26. The second-order valence-corrected chi connectivity index (χ2v) is 4.21. The third kappa shape index (κ3) is 3.48. The molecule has 1 aromatic rings. The maximum Gasteiger partial charge on any atom is 0.174 e. The van der Waals surface area contributed by atoms with Gasteiger partial charge in [0, 0.05) is 18.7 Å². The fourth-order valence-corrected chi connectivity index (χ4v) is 1.29. The van der Waals surface area contributed by atoms with Crippen molar-refractivity contribution in [1.29, 1.82) is 0 Å². The zero-order valence-corrected chi connectivity index (χ0v) is 10.0. The van der Waals surface area contributed by atoms with Gasteiger partial charge in [0.2, 0.25) is 0 Å². The number of hydrogen-bond acceptors (Lipinski definition) is 4. The molecule has 2 N–H and O–H groups in total. The SMILES string of the molecule is CC(CO)C(C)Nc1cc(Cl)nnc1Cl.